The van der Waals surface area contributed by atoms with Crippen molar-refractivity contribution in [2.75, 3.05) is 19.7 Å². The van der Waals surface area contributed by atoms with E-state index >= 15 is 0 Å². The molecule has 1 unspecified atom stereocenters. The van der Waals surface area contributed by atoms with Gasteiger partial charge in [0.15, 0.2) is 12.1 Å². The number of likely N-dealkylation sites (tertiary alicyclic amines) is 1. The maximum atomic E-state index is 13.2. The van der Waals surface area contributed by atoms with Crippen LogP contribution in [0, 0.1) is 11.7 Å². The number of piperidine rings is 1. The third kappa shape index (κ3) is 3.75. The first-order valence-corrected chi connectivity index (χ1v) is 8.27. The molecule has 6 heteroatoms. The number of halogens is 1. The Hall–Kier alpha value is -2.37. The van der Waals surface area contributed by atoms with Gasteiger partial charge in [-0.15, -0.1) is 0 Å². The summed E-state index contributed by atoms with van der Waals surface area (Å²) in [4.78, 5) is 18.5. The maximum absolute atomic E-state index is 13.2. The summed E-state index contributed by atoms with van der Waals surface area (Å²) in [6.45, 7) is 3.73. The monoisotopic (exact) mass is 332 g/mol. The average molecular weight is 332 g/mol. The number of hydrogen-bond acceptors (Lipinski definition) is 4. The normalized spacial score (nSPS) is 17.8. The second kappa shape index (κ2) is 7.47. The smallest absolute Gasteiger partial charge is 0.276 e. The molecule has 0 spiro atoms. The highest BCUT2D eigenvalue weighted by molar-refractivity contribution is 5.93. The first-order valence-electron chi connectivity index (χ1n) is 8.27. The molecule has 1 aliphatic heterocycles. The first-order chi connectivity index (χ1) is 11.7. The van der Waals surface area contributed by atoms with Crippen LogP contribution in [0.5, 0.6) is 5.75 Å². The van der Waals surface area contributed by atoms with Crippen molar-refractivity contribution >= 4 is 5.91 Å². The van der Waals surface area contributed by atoms with Crippen LogP contribution in [0.2, 0.25) is 0 Å². The molecular weight excluding hydrogens is 311 g/mol. The average Bonchev–Trinajstić information content (AvgIpc) is 3.08. The SMILES string of the molecule is CCc1ocnc1C(=O)N1CCCC(COc2cccc(F)c2)C1. The number of benzene rings is 1. The van der Waals surface area contributed by atoms with Crippen LogP contribution in [-0.4, -0.2) is 35.5 Å². The van der Waals surface area contributed by atoms with E-state index in [1.54, 1.807) is 17.0 Å². The molecule has 1 saturated heterocycles. The number of rotatable bonds is 5. The van der Waals surface area contributed by atoms with Crippen LogP contribution in [-0.2, 0) is 6.42 Å². The molecule has 1 aromatic heterocycles. The lowest BCUT2D eigenvalue weighted by Gasteiger charge is -2.32. The molecule has 0 saturated carbocycles. The van der Waals surface area contributed by atoms with Crippen molar-refractivity contribution in [3.05, 3.63) is 47.9 Å². The number of ether oxygens (including phenoxy) is 1. The van der Waals surface area contributed by atoms with Crippen molar-refractivity contribution in [3.63, 3.8) is 0 Å². The van der Waals surface area contributed by atoms with Gasteiger partial charge >= 0.3 is 0 Å². The van der Waals surface area contributed by atoms with Gasteiger partial charge in [-0.3, -0.25) is 4.79 Å². The van der Waals surface area contributed by atoms with E-state index in [2.05, 4.69) is 4.98 Å². The number of aromatic nitrogens is 1. The van der Waals surface area contributed by atoms with Gasteiger partial charge in [-0.05, 0) is 25.0 Å². The van der Waals surface area contributed by atoms with Crippen molar-refractivity contribution in [2.24, 2.45) is 5.92 Å². The summed E-state index contributed by atoms with van der Waals surface area (Å²) in [5, 5.41) is 0. The lowest BCUT2D eigenvalue weighted by Crippen LogP contribution is -2.42. The van der Waals surface area contributed by atoms with Crippen LogP contribution in [0.15, 0.2) is 35.1 Å². The molecule has 2 heterocycles. The van der Waals surface area contributed by atoms with Crippen molar-refractivity contribution in [1.82, 2.24) is 9.88 Å². The van der Waals surface area contributed by atoms with Crippen LogP contribution in [0.4, 0.5) is 4.39 Å². The zero-order valence-electron chi connectivity index (χ0n) is 13.7. The van der Waals surface area contributed by atoms with E-state index in [9.17, 15) is 9.18 Å². The van der Waals surface area contributed by atoms with Gasteiger partial charge in [-0.1, -0.05) is 13.0 Å². The highest BCUT2D eigenvalue weighted by Gasteiger charge is 2.28. The van der Waals surface area contributed by atoms with E-state index in [1.807, 2.05) is 6.92 Å². The number of carbonyl (C=O) groups is 1. The molecule has 1 aliphatic rings. The molecule has 1 atom stereocenters. The third-order valence-corrected chi connectivity index (χ3v) is 4.25. The molecule has 3 rings (SSSR count). The standard InChI is InChI=1S/C18H21FN2O3/c1-2-16-17(20-12-24-16)18(22)21-8-4-5-13(10-21)11-23-15-7-3-6-14(19)9-15/h3,6-7,9,12-13H,2,4-5,8,10-11H2,1H3. The number of amides is 1. The number of aryl methyl sites for hydroxylation is 1. The zero-order valence-corrected chi connectivity index (χ0v) is 13.7. The summed E-state index contributed by atoms with van der Waals surface area (Å²) in [6.07, 6.45) is 3.86. The molecule has 2 aromatic rings. The maximum Gasteiger partial charge on any atom is 0.276 e. The molecular formula is C18H21FN2O3. The van der Waals surface area contributed by atoms with Crippen LogP contribution in [0.3, 0.4) is 0 Å². The van der Waals surface area contributed by atoms with E-state index in [1.165, 1.54) is 18.5 Å². The summed E-state index contributed by atoms with van der Waals surface area (Å²) >= 11 is 0. The third-order valence-electron chi connectivity index (χ3n) is 4.25. The summed E-state index contributed by atoms with van der Waals surface area (Å²) in [6, 6.07) is 6.11. The Morgan fingerprint density at radius 1 is 1.50 bits per heavy atom. The molecule has 0 aliphatic carbocycles. The van der Waals surface area contributed by atoms with Gasteiger partial charge in [0, 0.05) is 31.5 Å². The molecule has 1 aromatic carbocycles. The number of hydrogen-bond donors (Lipinski definition) is 0. The fraction of sp³-hybridized carbons (Fsp3) is 0.444. The molecule has 0 radical (unpaired) electrons. The van der Waals surface area contributed by atoms with Crippen molar-refractivity contribution in [1.29, 1.82) is 0 Å². The van der Waals surface area contributed by atoms with E-state index < -0.39 is 0 Å². The minimum atomic E-state index is -0.314. The summed E-state index contributed by atoms with van der Waals surface area (Å²) in [7, 11) is 0. The second-order valence-electron chi connectivity index (χ2n) is 6.01. The molecule has 0 N–H and O–H groups in total. The number of carbonyl (C=O) groups excluding carboxylic acids is 1. The predicted molar refractivity (Wildman–Crippen MR) is 86.4 cm³/mol. The van der Waals surface area contributed by atoms with Crippen molar-refractivity contribution in [2.45, 2.75) is 26.2 Å². The van der Waals surface area contributed by atoms with Gasteiger partial charge in [0.2, 0.25) is 0 Å². The van der Waals surface area contributed by atoms with Crippen LogP contribution >= 0.6 is 0 Å². The zero-order chi connectivity index (χ0) is 16.9. The summed E-state index contributed by atoms with van der Waals surface area (Å²) < 4.78 is 24.1. The Bertz CT molecular complexity index is 701. The van der Waals surface area contributed by atoms with E-state index in [4.69, 9.17) is 9.15 Å². The van der Waals surface area contributed by atoms with Gasteiger partial charge in [0.1, 0.15) is 17.3 Å². The lowest BCUT2D eigenvalue weighted by atomic mass is 9.98. The lowest BCUT2D eigenvalue weighted by molar-refractivity contribution is 0.0626. The minimum Gasteiger partial charge on any atom is -0.493 e. The highest BCUT2D eigenvalue weighted by atomic mass is 19.1. The Balaban J connectivity index is 1.59. The fourth-order valence-corrected chi connectivity index (χ4v) is 3.00. The van der Waals surface area contributed by atoms with Crippen LogP contribution < -0.4 is 4.74 Å². The quantitative estimate of drug-likeness (QED) is 0.843. The molecule has 128 valence electrons. The molecule has 5 nitrogen and oxygen atoms in total. The molecule has 24 heavy (non-hydrogen) atoms. The predicted octanol–water partition coefficient (Wildman–Crippen LogP) is 3.31. The Morgan fingerprint density at radius 2 is 2.38 bits per heavy atom. The Kier molecular flexibility index (Phi) is 5.13. The van der Waals surface area contributed by atoms with Gasteiger partial charge < -0.3 is 14.1 Å². The minimum absolute atomic E-state index is 0.0870. The van der Waals surface area contributed by atoms with Gasteiger partial charge in [0.25, 0.3) is 5.91 Å². The van der Waals surface area contributed by atoms with E-state index in [0.717, 1.165) is 12.8 Å². The largest absolute Gasteiger partial charge is 0.493 e. The second-order valence-corrected chi connectivity index (χ2v) is 6.01. The molecule has 1 fully saturated rings. The van der Waals surface area contributed by atoms with Gasteiger partial charge in [0.05, 0.1) is 6.61 Å². The molecule has 1 amide bonds. The Labute approximate surface area is 140 Å². The number of oxazole rings is 1. The Morgan fingerprint density at radius 3 is 3.17 bits per heavy atom. The van der Waals surface area contributed by atoms with Gasteiger partial charge in [-0.25, -0.2) is 9.37 Å². The topological polar surface area (TPSA) is 55.6 Å². The molecule has 0 bridgehead atoms. The van der Waals surface area contributed by atoms with Crippen LogP contribution in [0.25, 0.3) is 0 Å². The van der Waals surface area contributed by atoms with Crippen LogP contribution in [0.1, 0.15) is 36.0 Å². The van der Waals surface area contributed by atoms with E-state index in [0.29, 0.717) is 43.3 Å². The number of nitrogens with zero attached hydrogens (tertiary/aromatic N) is 2. The van der Waals surface area contributed by atoms with Crippen molar-refractivity contribution in [3.8, 4) is 5.75 Å². The first kappa shape index (κ1) is 16.5. The highest BCUT2D eigenvalue weighted by Crippen LogP contribution is 2.21. The summed E-state index contributed by atoms with van der Waals surface area (Å²) in [5.41, 5.74) is 0.407. The van der Waals surface area contributed by atoms with Crippen molar-refractivity contribution < 1.29 is 18.3 Å². The fourth-order valence-electron chi connectivity index (χ4n) is 3.00. The van der Waals surface area contributed by atoms with E-state index in [-0.39, 0.29) is 17.6 Å². The summed E-state index contributed by atoms with van der Waals surface area (Å²) in [5.74, 6) is 0.964. The van der Waals surface area contributed by atoms with Gasteiger partial charge in [-0.2, -0.15) is 0 Å².